The number of aliphatic hydroxyl groups is 2. The molecule has 32 heavy (non-hydrogen) atoms. The second-order valence-electron chi connectivity index (χ2n) is 7.46. The first kappa shape index (κ1) is 25.2. The Kier molecular flexibility index (Phi) is 8.02. The van der Waals surface area contributed by atoms with Gasteiger partial charge in [-0.05, 0) is 25.7 Å². The molecule has 1 saturated carbocycles. The number of hydrogen-bond donors (Lipinski definition) is 5. The molecule has 1 aliphatic carbocycles. The van der Waals surface area contributed by atoms with Gasteiger partial charge in [0.25, 0.3) is 5.88 Å². The summed E-state index contributed by atoms with van der Waals surface area (Å²) in [5.41, 5.74) is 0.322. The predicted octanol–water partition coefficient (Wildman–Crippen LogP) is 0.192. The number of fused-ring (bicyclic) bond motifs is 1. The zero-order chi connectivity index (χ0) is 23.5. The molecule has 0 aliphatic heterocycles. The summed E-state index contributed by atoms with van der Waals surface area (Å²) in [7, 11) is -8.31. The number of imidazole rings is 1. The van der Waals surface area contributed by atoms with Gasteiger partial charge in [-0.15, -0.1) is 0 Å². The van der Waals surface area contributed by atoms with E-state index in [0.29, 0.717) is 0 Å². The van der Waals surface area contributed by atoms with E-state index >= 15 is 0 Å². The zero-order valence-corrected chi connectivity index (χ0v) is 19.0. The molecule has 0 amide bonds. The highest BCUT2D eigenvalue weighted by Crippen LogP contribution is 2.55. The van der Waals surface area contributed by atoms with Crippen molar-refractivity contribution in [3.8, 4) is 5.88 Å². The van der Waals surface area contributed by atoms with Crippen molar-refractivity contribution in [1.82, 2.24) is 19.6 Å². The molecule has 0 bridgehead atoms. The average molecular weight is 496 g/mol. The summed E-state index contributed by atoms with van der Waals surface area (Å²) in [6, 6.07) is 0. The zero-order valence-electron chi connectivity index (χ0n) is 17.2. The highest BCUT2D eigenvalue weighted by atomic mass is 31.2. The fourth-order valence-corrected chi connectivity index (χ4v) is 5.98. The molecule has 2 heterocycles. The molecule has 3 rings (SSSR count). The van der Waals surface area contributed by atoms with Crippen molar-refractivity contribution < 1.29 is 48.0 Å². The first-order valence-corrected chi connectivity index (χ1v) is 13.3. The largest absolute Gasteiger partial charge is 0.472 e. The van der Waals surface area contributed by atoms with Gasteiger partial charge in [-0.1, -0.05) is 0 Å². The molecule has 1 aliphatic rings. The van der Waals surface area contributed by atoms with Crippen LogP contribution in [0.25, 0.3) is 5.65 Å². The van der Waals surface area contributed by atoms with Crippen LogP contribution in [0.2, 0.25) is 0 Å². The lowest BCUT2D eigenvalue weighted by molar-refractivity contribution is -0.0926. The Labute approximate surface area is 182 Å². The van der Waals surface area contributed by atoms with Crippen LogP contribution in [-0.4, -0.2) is 82.4 Å². The van der Waals surface area contributed by atoms with E-state index in [4.69, 9.17) is 19.3 Å². The Hall–Kier alpha value is -1.47. The topological polar surface area (TPSA) is 206 Å². The van der Waals surface area contributed by atoms with Crippen LogP contribution in [0.3, 0.4) is 0 Å². The summed E-state index contributed by atoms with van der Waals surface area (Å²) in [6.07, 6.45) is 1.86. The Bertz CT molecular complexity index is 1010. The van der Waals surface area contributed by atoms with Gasteiger partial charge in [0.15, 0.2) is 5.90 Å². The standard InChI is InChI=1S/C16H26N4O10P2/c1-28-12(7-29-32(26,27)9-31(23,24)25)14(22)13(21)11-6-17-15-16(18-8-19-20(11)15)30-10-4-2-3-5-10/h6,8,10,12-14,21-22H,2-5,7,9H2,1H3,(H,26,27)(H2,23,24,25)/t12-,13+,14-/m1/s1. The van der Waals surface area contributed by atoms with E-state index in [2.05, 4.69) is 19.6 Å². The Morgan fingerprint density at radius 1 is 1.19 bits per heavy atom. The first-order chi connectivity index (χ1) is 15.0. The predicted molar refractivity (Wildman–Crippen MR) is 108 cm³/mol. The minimum Gasteiger partial charge on any atom is -0.472 e. The van der Waals surface area contributed by atoms with Gasteiger partial charge in [-0.2, -0.15) is 10.1 Å². The monoisotopic (exact) mass is 496 g/mol. The van der Waals surface area contributed by atoms with Crippen LogP contribution >= 0.6 is 15.2 Å². The van der Waals surface area contributed by atoms with E-state index in [1.54, 1.807) is 0 Å². The van der Waals surface area contributed by atoms with E-state index in [-0.39, 0.29) is 23.3 Å². The molecule has 4 atom stereocenters. The Morgan fingerprint density at radius 2 is 1.88 bits per heavy atom. The van der Waals surface area contributed by atoms with Crippen LogP contribution in [0.1, 0.15) is 37.5 Å². The van der Waals surface area contributed by atoms with E-state index in [0.717, 1.165) is 25.7 Å². The van der Waals surface area contributed by atoms with Crippen LogP contribution in [-0.2, 0) is 18.4 Å². The maximum absolute atomic E-state index is 11.8. The third-order valence-corrected chi connectivity index (χ3v) is 8.45. The van der Waals surface area contributed by atoms with Gasteiger partial charge in [-0.25, -0.2) is 9.50 Å². The van der Waals surface area contributed by atoms with Crippen LogP contribution in [0.5, 0.6) is 5.88 Å². The number of ether oxygens (including phenoxy) is 2. The summed E-state index contributed by atoms with van der Waals surface area (Å²) in [5, 5.41) is 25.2. The molecular weight excluding hydrogens is 470 g/mol. The quantitative estimate of drug-likeness (QED) is 0.264. The van der Waals surface area contributed by atoms with Crippen molar-refractivity contribution >= 4 is 20.8 Å². The summed E-state index contributed by atoms with van der Waals surface area (Å²) >= 11 is 0. The molecule has 2 aromatic rings. The first-order valence-electron chi connectivity index (χ1n) is 9.76. The van der Waals surface area contributed by atoms with Gasteiger partial charge in [0.05, 0.1) is 18.5 Å². The van der Waals surface area contributed by atoms with Gasteiger partial charge >= 0.3 is 15.2 Å². The smallest absolute Gasteiger partial charge is 0.340 e. The summed E-state index contributed by atoms with van der Waals surface area (Å²) in [6.45, 7) is -0.718. The molecule has 1 fully saturated rings. The van der Waals surface area contributed by atoms with Crippen molar-refractivity contribution in [2.24, 2.45) is 0 Å². The van der Waals surface area contributed by atoms with Crippen LogP contribution in [0.15, 0.2) is 12.5 Å². The molecular formula is C16H26N4O10P2. The van der Waals surface area contributed by atoms with Crippen molar-refractivity contribution in [1.29, 1.82) is 0 Å². The minimum atomic E-state index is -4.81. The van der Waals surface area contributed by atoms with Crippen molar-refractivity contribution in [2.75, 3.05) is 19.6 Å². The fourth-order valence-electron chi connectivity index (χ4n) is 3.41. The van der Waals surface area contributed by atoms with E-state index < -0.39 is 46.0 Å². The number of hydrogen-bond acceptors (Lipinski definition) is 10. The van der Waals surface area contributed by atoms with E-state index in [1.807, 2.05) is 0 Å². The normalized spacial score (nSPS) is 20.2. The lowest BCUT2D eigenvalue weighted by Crippen LogP contribution is -2.37. The van der Waals surface area contributed by atoms with Gasteiger partial charge in [-0.3, -0.25) is 9.13 Å². The third-order valence-electron chi connectivity index (χ3n) is 4.99. The van der Waals surface area contributed by atoms with Crippen LogP contribution in [0, 0.1) is 0 Å². The van der Waals surface area contributed by atoms with Crippen molar-refractivity contribution in [3.05, 3.63) is 18.2 Å². The van der Waals surface area contributed by atoms with Gasteiger partial charge in [0, 0.05) is 7.11 Å². The molecule has 0 spiro atoms. The number of methoxy groups -OCH3 is 1. The Balaban J connectivity index is 1.73. The van der Waals surface area contributed by atoms with Gasteiger partial charge in [0.2, 0.25) is 5.65 Å². The second kappa shape index (κ2) is 10.2. The number of aromatic nitrogens is 4. The number of aliphatic hydroxyl groups excluding tert-OH is 2. The molecule has 0 aromatic carbocycles. The van der Waals surface area contributed by atoms with E-state index in [1.165, 1.54) is 24.1 Å². The minimum absolute atomic E-state index is 0.0155. The van der Waals surface area contributed by atoms with Gasteiger partial charge < -0.3 is 38.9 Å². The summed E-state index contributed by atoms with van der Waals surface area (Å²) in [4.78, 5) is 35.6. The molecule has 5 N–H and O–H groups in total. The van der Waals surface area contributed by atoms with Gasteiger partial charge in [0.1, 0.15) is 30.7 Å². The summed E-state index contributed by atoms with van der Waals surface area (Å²) < 4.78 is 39.6. The second-order valence-corrected chi connectivity index (χ2v) is 11.5. The maximum Gasteiger partial charge on any atom is 0.340 e. The van der Waals surface area contributed by atoms with Crippen molar-refractivity contribution in [2.45, 2.75) is 50.1 Å². The summed E-state index contributed by atoms with van der Waals surface area (Å²) in [5.74, 6) is -1.15. The SMILES string of the molecule is CO[C@H](COP(=O)(O)CP(=O)(O)O)[C@@H](O)[C@@H](O)c1cnc2c(OC3CCCC3)ncnn12. The van der Waals surface area contributed by atoms with Crippen LogP contribution in [0.4, 0.5) is 0 Å². The highest BCUT2D eigenvalue weighted by molar-refractivity contribution is 7.70. The molecule has 0 radical (unpaired) electrons. The average Bonchev–Trinajstić information content (AvgIpc) is 3.36. The number of nitrogens with zero attached hydrogens (tertiary/aromatic N) is 4. The van der Waals surface area contributed by atoms with E-state index in [9.17, 15) is 24.2 Å². The fraction of sp³-hybridized carbons (Fsp3) is 0.688. The molecule has 14 nitrogen and oxygen atoms in total. The van der Waals surface area contributed by atoms with Crippen LogP contribution < -0.4 is 4.74 Å². The lowest BCUT2D eigenvalue weighted by atomic mass is 10.1. The number of rotatable bonds is 11. The maximum atomic E-state index is 11.8. The Morgan fingerprint density at radius 3 is 2.50 bits per heavy atom. The molecule has 1 unspecified atom stereocenters. The molecule has 180 valence electrons. The third kappa shape index (κ3) is 6.31. The van der Waals surface area contributed by atoms with Crippen molar-refractivity contribution in [3.63, 3.8) is 0 Å². The molecule has 16 heteroatoms. The molecule has 0 saturated heterocycles. The highest BCUT2D eigenvalue weighted by Gasteiger charge is 2.35. The lowest BCUT2D eigenvalue weighted by Gasteiger charge is -2.26. The molecule has 2 aromatic heterocycles.